The second-order valence-corrected chi connectivity index (χ2v) is 7.14. The molecule has 1 aromatic carbocycles. The van der Waals surface area contributed by atoms with Gasteiger partial charge in [-0.2, -0.15) is 5.10 Å². The van der Waals surface area contributed by atoms with Crippen LogP contribution in [0.4, 0.5) is 0 Å². The molecular weight excluding hydrogens is 336 g/mol. The van der Waals surface area contributed by atoms with E-state index in [0.29, 0.717) is 5.92 Å². The van der Waals surface area contributed by atoms with Gasteiger partial charge in [-0.15, -0.1) is 0 Å². The second-order valence-electron chi connectivity index (χ2n) is 7.14. The number of ether oxygens (including phenoxy) is 1. The minimum Gasteiger partial charge on any atom is -0.381 e. The maximum Gasteiger partial charge on any atom is 0.0983 e. The van der Waals surface area contributed by atoms with Gasteiger partial charge in [-0.1, -0.05) is 30.3 Å². The Morgan fingerprint density at radius 2 is 2.07 bits per heavy atom. The number of benzene rings is 1. The van der Waals surface area contributed by atoms with Gasteiger partial charge in [-0.25, -0.2) is 0 Å². The van der Waals surface area contributed by atoms with E-state index < -0.39 is 0 Å². The predicted octanol–water partition coefficient (Wildman–Crippen LogP) is 3.51. The highest BCUT2D eigenvalue weighted by atomic mass is 16.5. The fourth-order valence-corrected chi connectivity index (χ4v) is 3.57. The third kappa shape index (κ3) is 4.81. The molecule has 0 amide bonds. The summed E-state index contributed by atoms with van der Waals surface area (Å²) in [7, 11) is 0. The Hall–Kier alpha value is -2.50. The summed E-state index contributed by atoms with van der Waals surface area (Å²) in [6.07, 6.45) is 8.25. The van der Waals surface area contributed by atoms with Crippen LogP contribution >= 0.6 is 0 Å². The van der Waals surface area contributed by atoms with Crippen LogP contribution in [0.15, 0.2) is 61.1 Å². The van der Waals surface area contributed by atoms with Crippen LogP contribution in [0.5, 0.6) is 0 Å². The third-order valence-electron chi connectivity index (χ3n) is 4.96. The summed E-state index contributed by atoms with van der Waals surface area (Å²) in [5.74, 6) is 0.611. The number of aromatic nitrogens is 3. The Labute approximate surface area is 160 Å². The quantitative estimate of drug-likeness (QED) is 0.699. The molecule has 0 spiro atoms. The van der Waals surface area contributed by atoms with Gasteiger partial charge >= 0.3 is 0 Å². The van der Waals surface area contributed by atoms with Crippen molar-refractivity contribution in [1.29, 1.82) is 0 Å². The minimum atomic E-state index is 0.611. The first-order chi connectivity index (χ1) is 13.4. The van der Waals surface area contributed by atoms with Crippen molar-refractivity contribution in [3.05, 3.63) is 72.2 Å². The molecule has 1 atom stereocenters. The summed E-state index contributed by atoms with van der Waals surface area (Å²) in [6, 6.07) is 14.5. The van der Waals surface area contributed by atoms with Gasteiger partial charge in [0.1, 0.15) is 0 Å². The van der Waals surface area contributed by atoms with E-state index >= 15 is 0 Å². The summed E-state index contributed by atoms with van der Waals surface area (Å²) in [6.45, 7) is 4.33. The first-order valence-electron chi connectivity index (χ1n) is 9.67. The van der Waals surface area contributed by atoms with Crippen LogP contribution in [0.1, 0.15) is 24.0 Å². The van der Waals surface area contributed by atoms with Gasteiger partial charge in [-0.3, -0.25) is 9.67 Å². The van der Waals surface area contributed by atoms with Crippen LogP contribution < -0.4 is 5.32 Å². The van der Waals surface area contributed by atoms with Crippen molar-refractivity contribution in [3.63, 3.8) is 0 Å². The zero-order valence-electron chi connectivity index (χ0n) is 15.6. The first-order valence-corrected chi connectivity index (χ1v) is 9.67. The highest BCUT2D eigenvalue weighted by Crippen LogP contribution is 2.22. The van der Waals surface area contributed by atoms with Crippen LogP contribution in [-0.4, -0.2) is 34.5 Å². The fourth-order valence-electron chi connectivity index (χ4n) is 3.57. The van der Waals surface area contributed by atoms with E-state index in [4.69, 9.17) is 9.84 Å². The van der Waals surface area contributed by atoms with Crippen molar-refractivity contribution < 1.29 is 4.74 Å². The van der Waals surface area contributed by atoms with Crippen LogP contribution in [0.2, 0.25) is 0 Å². The van der Waals surface area contributed by atoms with Crippen LogP contribution in [0.25, 0.3) is 11.3 Å². The van der Waals surface area contributed by atoms with Crippen molar-refractivity contribution in [2.45, 2.75) is 25.9 Å². The van der Waals surface area contributed by atoms with E-state index in [9.17, 15) is 0 Å². The fraction of sp³-hybridized carbons (Fsp3) is 0.364. The molecule has 1 N–H and O–H groups in total. The zero-order chi connectivity index (χ0) is 18.3. The summed E-state index contributed by atoms with van der Waals surface area (Å²) >= 11 is 0. The van der Waals surface area contributed by atoms with Gasteiger partial charge in [0, 0.05) is 49.4 Å². The van der Waals surface area contributed by atoms with E-state index in [0.717, 1.165) is 44.1 Å². The van der Waals surface area contributed by atoms with Crippen molar-refractivity contribution >= 4 is 0 Å². The van der Waals surface area contributed by atoms with Crippen molar-refractivity contribution in [2.75, 3.05) is 19.8 Å². The Morgan fingerprint density at radius 1 is 1.15 bits per heavy atom. The van der Waals surface area contributed by atoms with Gasteiger partial charge < -0.3 is 10.1 Å². The normalized spacial score (nSPS) is 17.1. The van der Waals surface area contributed by atoms with E-state index in [1.165, 1.54) is 24.0 Å². The maximum atomic E-state index is 5.58. The number of nitrogens with zero attached hydrogens (tertiary/aromatic N) is 3. The largest absolute Gasteiger partial charge is 0.381 e. The van der Waals surface area contributed by atoms with Gasteiger partial charge in [0.05, 0.1) is 18.8 Å². The molecule has 5 nitrogen and oxygen atoms in total. The van der Waals surface area contributed by atoms with Crippen LogP contribution in [-0.2, 0) is 17.8 Å². The molecule has 1 saturated heterocycles. The molecule has 4 rings (SSSR count). The molecule has 1 fully saturated rings. The number of nitrogens with one attached hydrogen (secondary N) is 1. The predicted molar refractivity (Wildman–Crippen MR) is 106 cm³/mol. The standard InChI is InChI=1S/C22H26N4O/c1-2-6-18(7-3-1)15-26-16-21(14-24-12-19-8-5-11-27-17-19)22(25-26)20-9-4-10-23-13-20/h1-4,6-7,9-10,13,16,19,24H,5,8,11-12,14-15,17H2. The summed E-state index contributed by atoms with van der Waals surface area (Å²) in [5, 5.41) is 8.46. The average molecular weight is 362 g/mol. The van der Waals surface area contributed by atoms with Crippen molar-refractivity contribution in [3.8, 4) is 11.3 Å². The molecule has 1 aliphatic heterocycles. The number of pyridine rings is 1. The first kappa shape index (κ1) is 17.9. The molecule has 1 unspecified atom stereocenters. The lowest BCUT2D eigenvalue weighted by atomic mass is 10.0. The molecular formula is C22H26N4O. The average Bonchev–Trinajstić information content (AvgIpc) is 3.13. The van der Waals surface area contributed by atoms with Crippen LogP contribution in [0, 0.1) is 5.92 Å². The topological polar surface area (TPSA) is 52.0 Å². The number of rotatable bonds is 7. The van der Waals surface area contributed by atoms with Gasteiger partial charge in [-0.05, 0) is 36.5 Å². The highest BCUT2D eigenvalue weighted by molar-refractivity contribution is 5.61. The Bertz CT molecular complexity index is 826. The number of hydrogen-bond donors (Lipinski definition) is 1. The smallest absolute Gasteiger partial charge is 0.0983 e. The molecule has 3 aromatic rings. The molecule has 140 valence electrons. The summed E-state index contributed by atoms with van der Waals surface area (Å²) < 4.78 is 7.61. The van der Waals surface area contributed by atoms with Gasteiger partial charge in [0.2, 0.25) is 0 Å². The molecule has 5 heteroatoms. The van der Waals surface area contributed by atoms with Gasteiger partial charge in [0.15, 0.2) is 0 Å². The summed E-state index contributed by atoms with van der Waals surface area (Å²) in [5.41, 5.74) is 4.51. The van der Waals surface area contributed by atoms with E-state index in [1.54, 1.807) is 6.20 Å². The van der Waals surface area contributed by atoms with E-state index in [1.807, 2.05) is 23.0 Å². The Morgan fingerprint density at radius 3 is 2.85 bits per heavy atom. The molecule has 1 aliphatic rings. The number of hydrogen-bond acceptors (Lipinski definition) is 4. The lowest BCUT2D eigenvalue weighted by molar-refractivity contribution is 0.0547. The zero-order valence-corrected chi connectivity index (χ0v) is 15.6. The molecule has 3 heterocycles. The Kier molecular flexibility index (Phi) is 5.92. The molecule has 27 heavy (non-hydrogen) atoms. The molecule has 0 radical (unpaired) electrons. The maximum absolute atomic E-state index is 5.58. The van der Waals surface area contributed by atoms with Gasteiger partial charge in [0.25, 0.3) is 0 Å². The SMILES string of the molecule is c1ccc(Cn2cc(CNCC3CCCOC3)c(-c3cccnc3)n2)cc1. The lowest BCUT2D eigenvalue weighted by Gasteiger charge is -2.22. The third-order valence-corrected chi connectivity index (χ3v) is 4.96. The Balaban J connectivity index is 1.49. The molecule has 0 aliphatic carbocycles. The van der Waals surface area contributed by atoms with Crippen molar-refractivity contribution in [2.24, 2.45) is 5.92 Å². The highest BCUT2D eigenvalue weighted by Gasteiger charge is 2.15. The van der Waals surface area contributed by atoms with Crippen LogP contribution in [0.3, 0.4) is 0 Å². The monoisotopic (exact) mass is 362 g/mol. The molecule has 0 saturated carbocycles. The van der Waals surface area contributed by atoms with E-state index in [-0.39, 0.29) is 0 Å². The molecule has 0 bridgehead atoms. The van der Waals surface area contributed by atoms with Crippen molar-refractivity contribution in [1.82, 2.24) is 20.1 Å². The summed E-state index contributed by atoms with van der Waals surface area (Å²) in [4.78, 5) is 4.26. The lowest BCUT2D eigenvalue weighted by Crippen LogP contribution is -2.28. The van der Waals surface area contributed by atoms with E-state index in [2.05, 4.69) is 46.8 Å². The minimum absolute atomic E-state index is 0.611. The molecule has 2 aromatic heterocycles. The second kappa shape index (κ2) is 8.93.